The quantitative estimate of drug-likeness (QED) is 0.381. The molecule has 4 aromatic rings. The molecular weight excluding hydrogens is 431 g/mol. The van der Waals surface area contributed by atoms with Crippen molar-refractivity contribution in [2.24, 2.45) is 0 Å². The molecule has 0 aliphatic heterocycles. The van der Waals surface area contributed by atoms with Gasteiger partial charge in [0.05, 0.1) is 17.8 Å². The van der Waals surface area contributed by atoms with Crippen molar-refractivity contribution in [2.45, 2.75) is 0 Å². The molecule has 8 heteroatoms. The maximum atomic E-state index is 13.2. The van der Waals surface area contributed by atoms with Crippen LogP contribution in [-0.2, 0) is 0 Å². The first-order valence-electron chi connectivity index (χ1n) is 9.62. The molecule has 2 N–H and O–H groups in total. The van der Waals surface area contributed by atoms with Crippen molar-refractivity contribution in [1.29, 1.82) is 0 Å². The minimum Gasteiger partial charge on any atom is -0.495 e. The van der Waals surface area contributed by atoms with Crippen LogP contribution >= 0.6 is 11.6 Å². The molecule has 4 rings (SSSR count). The van der Waals surface area contributed by atoms with Crippen molar-refractivity contribution in [3.8, 4) is 17.0 Å². The van der Waals surface area contributed by atoms with Gasteiger partial charge >= 0.3 is 0 Å². The molecule has 0 spiro atoms. The number of ether oxygens (including phenoxy) is 1. The summed E-state index contributed by atoms with van der Waals surface area (Å²) >= 11 is 6.12. The number of methoxy groups -OCH3 is 1. The molecule has 1 aromatic heterocycles. The minimum atomic E-state index is -0.312. The fourth-order valence-electron chi connectivity index (χ4n) is 3.04. The van der Waals surface area contributed by atoms with Gasteiger partial charge < -0.3 is 15.4 Å². The first kappa shape index (κ1) is 21.3. The number of nitrogens with one attached hydrogen (secondary N) is 2. The predicted molar refractivity (Wildman–Crippen MR) is 123 cm³/mol. The first-order valence-corrected chi connectivity index (χ1v) is 9.99. The van der Waals surface area contributed by atoms with Crippen molar-refractivity contribution < 1.29 is 13.9 Å². The Labute approximate surface area is 189 Å². The number of benzene rings is 3. The number of carbonyl (C=O) groups excluding carboxylic acids is 1. The van der Waals surface area contributed by atoms with Gasteiger partial charge in [-0.1, -0.05) is 17.7 Å². The standard InChI is InChI=1S/C24H18ClFN4O2/c1-32-22-10-9-19(12-20(22)25)30-24(31)16-3-2-4-18(11-16)29-23-13-21(27-14-28-23)15-5-7-17(26)8-6-15/h2-14H,1H3,(H,30,31)(H,27,28,29). The summed E-state index contributed by atoms with van der Waals surface area (Å²) in [6, 6.07) is 19.8. The van der Waals surface area contributed by atoms with E-state index < -0.39 is 0 Å². The average Bonchev–Trinajstić information content (AvgIpc) is 2.80. The van der Waals surface area contributed by atoms with Crippen LogP contribution in [0.25, 0.3) is 11.3 Å². The second kappa shape index (κ2) is 9.45. The number of carbonyl (C=O) groups is 1. The Morgan fingerprint density at radius 1 is 0.969 bits per heavy atom. The van der Waals surface area contributed by atoms with Gasteiger partial charge in [-0.15, -0.1) is 0 Å². The highest BCUT2D eigenvalue weighted by Crippen LogP contribution is 2.28. The Hall–Kier alpha value is -3.97. The van der Waals surface area contributed by atoms with Crippen LogP contribution in [-0.4, -0.2) is 23.0 Å². The van der Waals surface area contributed by atoms with Crippen LogP contribution in [0.15, 0.2) is 79.1 Å². The molecular formula is C24H18ClFN4O2. The van der Waals surface area contributed by atoms with E-state index in [-0.39, 0.29) is 11.7 Å². The van der Waals surface area contributed by atoms with Gasteiger partial charge in [-0.3, -0.25) is 4.79 Å². The predicted octanol–water partition coefficient (Wildman–Crippen LogP) is 5.94. The fraction of sp³-hybridized carbons (Fsp3) is 0.0417. The smallest absolute Gasteiger partial charge is 0.255 e. The van der Waals surface area contributed by atoms with Crippen LogP contribution in [0.5, 0.6) is 5.75 Å². The van der Waals surface area contributed by atoms with E-state index in [0.29, 0.717) is 39.2 Å². The lowest BCUT2D eigenvalue weighted by atomic mass is 10.1. The number of hydrogen-bond acceptors (Lipinski definition) is 5. The van der Waals surface area contributed by atoms with E-state index in [4.69, 9.17) is 16.3 Å². The van der Waals surface area contributed by atoms with Crippen molar-refractivity contribution in [1.82, 2.24) is 9.97 Å². The summed E-state index contributed by atoms with van der Waals surface area (Å²) < 4.78 is 18.3. The van der Waals surface area contributed by atoms with Crippen LogP contribution in [0.1, 0.15) is 10.4 Å². The summed E-state index contributed by atoms with van der Waals surface area (Å²) in [6.45, 7) is 0. The molecule has 0 aliphatic carbocycles. The molecule has 0 bridgehead atoms. The van der Waals surface area contributed by atoms with Gasteiger partial charge in [0, 0.05) is 28.6 Å². The topological polar surface area (TPSA) is 76.1 Å². The summed E-state index contributed by atoms with van der Waals surface area (Å²) in [6.07, 6.45) is 1.42. The molecule has 32 heavy (non-hydrogen) atoms. The lowest BCUT2D eigenvalue weighted by molar-refractivity contribution is 0.102. The molecule has 0 unspecified atom stereocenters. The van der Waals surface area contributed by atoms with Crippen LogP contribution in [0.4, 0.5) is 21.6 Å². The number of nitrogens with zero attached hydrogens (tertiary/aromatic N) is 2. The van der Waals surface area contributed by atoms with Crippen LogP contribution in [0.2, 0.25) is 5.02 Å². The molecule has 0 atom stereocenters. The molecule has 1 amide bonds. The molecule has 6 nitrogen and oxygen atoms in total. The Balaban J connectivity index is 1.49. The Morgan fingerprint density at radius 3 is 2.53 bits per heavy atom. The van der Waals surface area contributed by atoms with Gasteiger partial charge in [-0.25, -0.2) is 14.4 Å². The normalized spacial score (nSPS) is 10.5. The third-order valence-electron chi connectivity index (χ3n) is 4.61. The second-order valence-electron chi connectivity index (χ2n) is 6.80. The minimum absolute atomic E-state index is 0.287. The molecule has 0 fully saturated rings. The highest BCUT2D eigenvalue weighted by Gasteiger charge is 2.10. The fourth-order valence-corrected chi connectivity index (χ4v) is 3.30. The number of hydrogen-bond donors (Lipinski definition) is 2. The first-order chi connectivity index (χ1) is 15.5. The number of anilines is 3. The summed E-state index contributed by atoms with van der Waals surface area (Å²) in [4.78, 5) is 21.1. The van der Waals surface area contributed by atoms with Gasteiger partial charge in [0.2, 0.25) is 0 Å². The molecule has 0 aliphatic rings. The van der Waals surface area contributed by atoms with E-state index in [0.717, 1.165) is 5.56 Å². The monoisotopic (exact) mass is 448 g/mol. The van der Waals surface area contributed by atoms with Gasteiger partial charge in [0.25, 0.3) is 5.91 Å². The van der Waals surface area contributed by atoms with E-state index in [1.165, 1.54) is 25.6 Å². The van der Waals surface area contributed by atoms with Crippen molar-refractivity contribution >= 4 is 34.7 Å². The Morgan fingerprint density at radius 2 is 1.78 bits per heavy atom. The Kier molecular flexibility index (Phi) is 6.28. The number of rotatable bonds is 6. The van der Waals surface area contributed by atoms with Crippen LogP contribution in [0.3, 0.4) is 0 Å². The van der Waals surface area contributed by atoms with Gasteiger partial charge in [-0.2, -0.15) is 0 Å². The SMILES string of the molecule is COc1ccc(NC(=O)c2cccc(Nc3cc(-c4ccc(F)cc4)ncn3)c2)cc1Cl. The molecule has 0 radical (unpaired) electrons. The summed E-state index contributed by atoms with van der Waals surface area (Å²) in [7, 11) is 1.53. The number of amides is 1. The third kappa shape index (κ3) is 5.01. The number of halogens is 2. The molecule has 160 valence electrons. The van der Waals surface area contributed by atoms with E-state index in [1.54, 1.807) is 54.6 Å². The summed E-state index contributed by atoms with van der Waals surface area (Å²) in [5.41, 5.74) is 3.10. The van der Waals surface area contributed by atoms with Crippen molar-refractivity contribution in [2.75, 3.05) is 17.7 Å². The van der Waals surface area contributed by atoms with E-state index >= 15 is 0 Å². The molecule has 3 aromatic carbocycles. The average molecular weight is 449 g/mol. The zero-order chi connectivity index (χ0) is 22.5. The maximum Gasteiger partial charge on any atom is 0.255 e. The second-order valence-corrected chi connectivity index (χ2v) is 7.21. The van der Waals surface area contributed by atoms with Crippen LogP contribution in [0, 0.1) is 5.82 Å². The number of aromatic nitrogens is 2. The highest BCUT2D eigenvalue weighted by atomic mass is 35.5. The maximum absolute atomic E-state index is 13.2. The molecule has 1 heterocycles. The van der Waals surface area contributed by atoms with Gasteiger partial charge in [0.15, 0.2) is 0 Å². The zero-order valence-corrected chi connectivity index (χ0v) is 17.7. The van der Waals surface area contributed by atoms with E-state index in [1.807, 2.05) is 6.07 Å². The Bertz CT molecular complexity index is 1270. The zero-order valence-electron chi connectivity index (χ0n) is 17.0. The molecule has 0 saturated carbocycles. The third-order valence-corrected chi connectivity index (χ3v) is 4.91. The van der Waals surface area contributed by atoms with Crippen molar-refractivity contribution in [3.63, 3.8) is 0 Å². The largest absolute Gasteiger partial charge is 0.495 e. The lowest BCUT2D eigenvalue weighted by Gasteiger charge is -2.10. The van der Waals surface area contributed by atoms with E-state index in [2.05, 4.69) is 20.6 Å². The van der Waals surface area contributed by atoms with Crippen molar-refractivity contribution in [3.05, 3.63) is 95.5 Å². The highest BCUT2D eigenvalue weighted by molar-refractivity contribution is 6.32. The summed E-state index contributed by atoms with van der Waals surface area (Å²) in [5.74, 6) is 0.470. The lowest BCUT2D eigenvalue weighted by Crippen LogP contribution is -2.12. The van der Waals surface area contributed by atoms with Crippen LogP contribution < -0.4 is 15.4 Å². The van der Waals surface area contributed by atoms with Gasteiger partial charge in [-0.05, 0) is 60.7 Å². The van der Waals surface area contributed by atoms with E-state index in [9.17, 15) is 9.18 Å². The van der Waals surface area contributed by atoms with Gasteiger partial charge in [0.1, 0.15) is 23.7 Å². The molecule has 0 saturated heterocycles. The summed E-state index contributed by atoms with van der Waals surface area (Å²) in [5, 5.41) is 6.38.